The van der Waals surface area contributed by atoms with Crippen molar-refractivity contribution in [3.8, 4) is 0 Å². The third-order valence-electron chi connectivity index (χ3n) is 3.56. The fourth-order valence-corrected chi connectivity index (χ4v) is 2.50. The van der Waals surface area contributed by atoms with E-state index in [4.69, 9.17) is 5.73 Å². The summed E-state index contributed by atoms with van der Waals surface area (Å²) in [6, 6.07) is 18.3. The van der Waals surface area contributed by atoms with Crippen molar-refractivity contribution in [3.05, 3.63) is 66.7 Å². The molecular weight excluding hydrogens is 298 g/mol. The molecule has 0 aliphatic carbocycles. The molecule has 0 aromatic heterocycles. The van der Waals surface area contributed by atoms with Crippen LogP contribution in [0.4, 0.5) is 0 Å². The molecule has 0 heterocycles. The van der Waals surface area contributed by atoms with Crippen LogP contribution in [0.1, 0.15) is 45.1 Å². The van der Waals surface area contributed by atoms with Gasteiger partial charge in [0, 0.05) is 22.6 Å². The molecule has 0 spiro atoms. The van der Waals surface area contributed by atoms with E-state index in [1.54, 1.807) is 0 Å². The van der Waals surface area contributed by atoms with E-state index in [1.807, 2.05) is 42.5 Å². The van der Waals surface area contributed by atoms with Gasteiger partial charge in [0.05, 0.1) is 0 Å². The van der Waals surface area contributed by atoms with Gasteiger partial charge in [-0.3, -0.25) is 0 Å². The van der Waals surface area contributed by atoms with Crippen LogP contribution in [0.25, 0.3) is 5.57 Å². The van der Waals surface area contributed by atoms with Crippen LogP contribution >= 0.6 is 0 Å². The van der Waals surface area contributed by atoms with Gasteiger partial charge in [-0.2, -0.15) is 18.7 Å². The van der Waals surface area contributed by atoms with E-state index in [-0.39, 0.29) is 22.6 Å². The van der Waals surface area contributed by atoms with E-state index < -0.39 is 0 Å². The summed E-state index contributed by atoms with van der Waals surface area (Å²) in [6.07, 6.45) is 4.25. The molecule has 1 nitrogen and oxygen atoms in total. The second kappa shape index (κ2) is 10.6. The van der Waals surface area contributed by atoms with Gasteiger partial charge < -0.3 is 36.1 Å². The summed E-state index contributed by atoms with van der Waals surface area (Å²) in [5.41, 5.74) is 8.53. The van der Waals surface area contributed by atoms with Crippen LogP contribution in [0.5, 0.6) is 0 Å². The number of rotatable bonds is 6. The first-order chi connectivity index (χ1) is 9.64. The van der Waals surface area contributed by atoms with Gasteiger partial charge in [-0.1, -0.05) is 26.7 Å². The Morgan fingerprint density at radius 3 is 1.71 bits per heavy atom. The van der Waals surface area contributed by atoms with Crippen molar-refractivity contribution >= 4 is 5.57 Å². The van der Waals surface area contributed by atoms with Crippen LogP contribution in [0.2, 0.25) is 0 Å². The summed E-state index contributed by atoms with van der Waals surface area (Å²) in [5, 5.41) is 0. The Hall–Kier alpha value is -1.08. The minimum absolute atomic E-state index is 0. The molecule has 0 radical (unpaired) electrons. The molecule has 2 aromatic carbocycles. The van der Waals surface area contributed by atoms with Crippen LogP contribution in [0.3, 0.4) is 0 Å². The van der Waals surface area contributed by atoms with Crippen molar-refractivity contribution in [2.75, 3.05) is 0 Å². The van der Waals surface area contributed by atoms with Crippen LogP contribution in [-0.2, 0) is 17.1 Å². The summed E-state index contributed by atoms with van der Waals surface area (Å²) in [5.74, 6) is 0. The molecule has 0 saturated carbocycles. The molecule has 2 aromatic rings. The van der Waals surface area contributed by atoms with Crippen molar-refractivity contribution in [1.82, 2.24) is 0 Å². The molecule has 21 heavy (non-hydrogen) atoms. The summed E-state index contributed by atoms with van der Waals surface area (Å²) >= 11 is 0. The van der Waals surface area contributed by atoms with Gasteiger partial charge >= 0.3 is 0 Å². The molecule has 0 amide bonds. The maximum atomic E-state index is 6.45. The quantitative estimate of drug-likeness (QED) is 0.579. The fourth-order valence-electron chi connectivity index (χ4n) is 2.50. The standard InChI is InChI=1S/C14H22N.C5H5.Fe/c1-4-10-14(15,11-5-2)12(3)13-8-6-7-9-13;1-2-4-5-3-1;/h6-9H,3-5,10-11,15H2,1-2H3;1-5H;/q-1;-5;. The second-order valence-corrected chi connectivity index (χ2v) is 5.27. The topological polar surface area (TPSA) is 26.0 Å². The predicted octanol–water partition coefficient (Wildman–Crippen LogP) is 5.12. The van der Waals surface area contributed by atoms with Crippen molar-refractivity contribution in [1.29, 1.82) is 0 Å². The normalized spacial score (nSPS) is 10.2. The molecule has 2 rings (SSSR count). The van der Waals surface area contributed by atoms with Crippen molar-refractivity contribution < 1.29 is 17.1 Å². The zero-order valence-corrected chi connectivity index (χ0v) is 14.3. The Morgan fingerprint density at radius 2 is 1.38 bits per heavy atom. The zero-order chi connectivity index (χ0) is 14.8. The second-order valence-electron chi connectivity index (χ2n) is 5.27. The maximum Gasteiger partial charge on any atom is 0.0239 e. The van der Waals surface area contributed by atoms with E-state index in [9.17, 15) is 0 Å². The largest absolute Gasteiger partial charge is 0.748 e. The molecule has 2 heteroatoms. The number of hydrogen-bond acceptors (Lipinski definition) is 1. The Kier molecular flexibility index (Phi) is 10.1. The summed E-state index contributed by atoms with van der Waals surface area (Å²) in [4.78, 5) is 0. The predicted molar refractivity (Wildman–Crippen MR) is 89.8 cm³/mol. The van der Waals surface area contributed by atoms with Crippen molar-refractivity contribution in [3.63, 3.8) is 0 Å². The Balaban J connectivity index is 0.000000562. The molecule has 2 N–H and O–H groups in total. The summed E-state index contributed by atoms with van der Waals surface area (Å²) in [6.45, 7) is 8.53. The number of hydrogen-bond donors (Lipinski definition) is 1. The zero-order valence-electron chi connectivity index (χ0n) is 13.2. The summed E-state index contributed by atoms with van der Waals surface area (Å²) in [7, 11) is 0. The summed E-state index contributed by atoms with van der Waals surface area (Å²) < 4.78 is 0. The maximum absolute atomic E-state index is 6.45. The molecular formula is C19H27FeN-6. The molecule has 0 unspecified atom stereocenters. The Morgan fingerprint density at radius 1 is 1.00 bits per heavy atom. The first-order valence-corrected chi connectivity index (χ1v) is 7.51. The average molecular weight is 325 g/mol. The van der Waals surface area contributed by atoms with Gasteiger partial charge in [0.25, 0.3) is 0 Å². The van der Waals surface area contributed by atoms with Crippen molar-refractivity contribution in [2.24, 2.45) is 5.73 Å². The van der Waals surface area contributed by atoms with E-state index in [0.717, 1.165) is 31.3 Å². The number of nitrogens with two attached hydrogens (primary N) is 1. The smallest absolute Gasteiger partial charge is 0.0239 e. The minimum atomic E-state index is -0.210. The van der Waals surface area contributed by atoms with Crippen LogP contribution < -0.4 is 5.73 Å². The molecule has 122 valence electrons. The Bertz CT molecular complexity index is 431. The Labute approximate surface area is 140 Å². The van der Waals surface area contributed by atoms with E-state index in [1.165, 1.54) is 5.56 Å². The van der Waals surface area contributed by atoms with Crippen molar-refractivity contribution in [2.45, 2.75) is 45.1 Å². The molecule has 0 aliphatic heterocycles. The SMILES string of the molecule is C=C([c-]1cccc1)C(N)(CCC)CCC.[Fe].[cH-]1[cH-][cH-][cH-][cH-]1. The minimum Gasteiger partial charge on any atom is -0.748 e. The molecule has 0 saturated heterocycles. The average Bonchev–Trinajstić information content (AvgIpc) is 3.14. The van der Waals surface area contributed by atoms with E-state index >= 15 is 0 Å². The van der Waals surface area contributed by atoms with Gasteiger partial charge in [0.1, 0.15) is 0 Å². The van der Waals surface area contributed by atoms with Crippen LogP contribution in [0, 0.1) is 0 Å². The molecule has 0 atom stereocenters. The monoisotopic (exact) mass is 325 g/mol. The van der Waals surface area contributed by atoms with Gasteiger partial charge in [-0.25, -0.2) is 0 Å². The molecule has 0 fully saturated rings. The van der Waals surface area contributed by atoms with E-state index in [0.29, 0.717) is 0 Å². The molecule has 0 aliphatic rings. The van der Waals surface area contributed by atoms with Gasteiger partial charge in [0.2, 0.25) is 0 Å². The van der Waals surface area contributed by atoms with Crippen LogP contribution in [-0.4, -0.2) is 5.54 Å². The van der Waals surface area contributed by atoms with Crippen LogP contribution in [0.15, 0.2) is 61.2 Å². The fraction of sp³-hybridized carbons (Fsp3) is 0.368. The van der Waals surface area contributed by atoms with Gasteiger partial charge in [-0.15, -0.1) is 23.3 Å². The van der Waals surface area contributed by atoms with Gasteiger partial charge in [-0.05, 0) is 12.8 Å². The molecule has 0 bridgehead atoms. The first-order valence-electron chi connectivity index (χ1n) is 7.51. The first kappa shape index (κ1) is 19.9. The van der Waals surface area contributed by atoms with E-state index in [2.05, 4.69) is 32.6 Å². The third-order valence-corrected chi connectivity index (χ3v) is 3.56. The van der Waals surface area contributed by atoms with Gasteiger partial charge in [0.15, 0.2) is 0 Å². The third kappa shape index (κ3) is 6.48.